The Bertz CT molecular complexity index is 590. The van der Waals surface area contributed by atoms with Gasteiger partial charge in [0.1, 0.15) is 5.75 Å². The van der Waals surface area contributed by atoms with E-state index in [1.54, 1.807) is 12.0 Å². The molecule has 7 heteroatoms. The quantitative estimate of drug-likeness (QED) is 0.857. The molecule has 1 unspecified atom stereocenters. The summed E-state index contributed by atoms with van der Waals surface area (Å²) in [6.45, 7) is 2.23. The molecule has 0 radical (unpaired) electrons. The van der Waals surface area contributed by atoms with E-state index < -0.39 is 0 Å². The first-order valence-electron chi connectivity index (χ1n) is 8.13. The SMILES string of the molecule is COc1ccccc1N1CC(C(=O)N[C@H]2CCCNC2)CC1=O.Cl. The minimum absolute atomic E-state index is 0. The predicted molar refractivity (Wildman–Crippen MR) is 94.7 cm³/mol. The van der Waals surface area contributed by atoms with Crippen LogP contribution in [0.15, 0.2) is 24.3 Å². The monoisotopic (exact) mass is 353 g/mol. The lowest BCUT2D eigenvalue weighted by Crippen LogP contribution is -2.47. The van der Waals surface area contributed by atoms with Crippen molar-refractivity contribution in [3.8, 4) is 5.75 Å². The van der Waals surface area contributed by atoms with Gasteiger partial charge in [-0.3, -0.25) is 9.59 Å². The van der Waals surface area contributed by atoms with Crippen LogP contribution >= 0.6 is 12.4 Å². The number of nitrogens with one attached hydrogen (secondary N) is 2. The molecule has 2 aliphatic rings. The number of piperidine rings is 1. The lowest BCUT2D eigenvalue weighted by Gasteiger charge is -2.25. The zero-order chi connectivity index (χ0) is 16.2. The Hall–Kier alpha value is -1.79. The number of methoxy groups -OCH3 is 1. The van der Waals surface area contributed by atoms with Crippen LogP contribution in [0.1, 0.15) is 19.3 Å². The van der Waals surface area contributed by atoms with Gasteiger partial charge in [0.2, 0.25) is 11.8 Å². The van der Waals surface area contributed by atoms with Crippen molar-refractivity contribution in [2.24, 2.45) is 5.92 Å². The highest BCUT2D eigenvalue weighted by atomic mass is 35.5. The lowest BCUT2D eigenvalue weighted by molar-refractivity contribution is -0.127. The Kier molecular flexibility index (Phi) is 6.45. The van der Waals surface area contributed by atoms with Crippen molar-refractivity contribution in [1.82, 2.24) is 10.6 Å². The molecule has 0 spiro atoms. The highest BCUT2D eigenvalue weighted by molar-refractivity contribution is 6.01. The van der Waals surface area contributed by atoms with Gasteiger partial charge >= 0.3 is 0 Å². The Labute approximate surface area is 148 Å². The maximum atomic E-state index is 12.4. The van der Waals surface area contributed by atoms with Crippen LogP contribution in [-0.4, -0.2) is 44.6 Å². The minimum Gasteiger partial charge on any atom is -0.495 e. The third-order valence-corrected chi connectivity index (χ3v) is 4.52. The molecule has 2 N–H and O–H groups in total. The second-order valence-electron chi connectivity index (χ2n) is 6.13. The Balaban J connectivity index is 0.00000208. The third-order valence-electron chi connectivity index (χ3n) is 4.52. The molecule has 6 nitrogen and oxygen atoms in total. The molecule has 0 aromatic heterocycles. The number of para-hydroxylation sites is 2. The third kappa shape index (κ3) is 3.99. The second-order valence-corrected chi connectivity index (χ2v) is 6.13. The summed E-state index contributed by atoms with van der Waals surface area (Å²) >= 11 is 0. The van der Waals surface area contributed by atoms with Crippen molar-refractivity contribution < 1.29 is 14.3 Å². The molecule has 3 rings (SSSR count). The maximum Gasteiger partial charge on any atom is 0.227 e. The number of nitrogens with zero attached hydrogens (tertiary/aromatic N) is 1. The van der Waals surface area contributed by atoms with Crippen molar-refractivity contribution in [2.75, 3.05) is 31.6 Å². The van der Waals surface area contributed by atoms with Crippen LogP contribution in [0, 0.1) is 5.92 Å². The van der Waals surface area contributed by atoms with E-state index in [0.717, 1.165) is 31.6 Å². The molecule has 2 heterocycles. The van der Waals surface area contributed by atoms with Crippen LogP contribution in [-0.2, 0) is 9.59 Å². The summed E-state index contributed by atoms with van der Waals surface area (Å²) in [5, 5.41) is 6.35. The Morgan fingerprint density at radius 1 is 1.38 bits per heavy atom. The van der Waals surface area contributed by atoms with E-state index >= 15 is 0 Å². The van der Waals surface area contributed by atoms with Crippen molar-refractivity contribution in [3.63, 3.8) is 0 Å². The molecule has 1 aromatic rings. The van der Waals surface area contributed by atoms with Gasteiger partial charge in [0.25, 0.3) is 0 Å². The van der Waals surface area contributed by atoms with Gasteiger partial charge in [-0.1, -0.05) is 12.1 Å². The van der Waals surface area contributed by atoms with Gasteiger partial charge in [-0.05, 0) is 31.5 Å². The van der Waals surface area contributed by atoms with E-state index in [-0.39, 0.29) is 42.6 Å². The van der Waals surface area contributed by atoms with Gasteiger partial charge in [0.15, 0.2) is 0 Å². The Morgan fingerprint density at radius 2 is 2.17 bits per heavy atom. The molecule has 0 bridgehead atoms. The maximum absolute atomic E-state index is 12.4. The zero-order valence-electron chi connectivity index (χ0n) is 13.8. The van der Waals surface area contributed by atoms with E-state index in [1.807, 2.05) is 24.3 Å². The first-order valence-corrected chi connectivity index (χ1v) is 8.13. The van der Waals surface area contributed by atoms with Crippen LogP contribution in [0.5, 0.6) is 5.75 Å². The van der Waals surface area contributed by atoms with Gasteiger partial charge < -0.3 is 20.3 Å². The van der Waals surface area contributed by atoms with Gasteiger partial charge in [-0.15, -0.1) is 12.4 Å². The fourth-order valence-corrected chi connectivity index (χ4v) is 3.26. The number of amides is 2. The van der Waals surface area contributed by atoms with Crippen LogP contribution < -0.4 is 20.3 Å². The van der Waals surface area contributed by atoms with Gasteiger partial charge in [-0.2, -0.15) is 0 Å². The summed E-state index contributed by atoms with van der Waals surface area (Å²) in [5.74, 6) is 0.300. The molecule has 0 saturated carbocycles. The summed E-state index contributed by atoms with van der Waals surface area (Å²) in [6.07, 6.45) is 2.32. The molecular formula is C17H24ClN3O3. The normalized spacial score (nSPS) is 23.5. The number of ether oxygens (including phenoxy) is 1. The fourth-order valence-electron chi connectivity index (χ4n) is 3.26. The largest absolute Gasteiger partial charge is 0.495 e. The van der Waals surface area contributed by atoms with E-state index in [2.05, 4.69) is 10.6 Å². The van der Waals surface area contributed by atoms with Crippen molar-refractivity contribution >= 4 is 29.9 Å². The topological polar surface area (TPSA) is 70.7 Å². The van der Waals surface area contributed by atoms with Gasteiger partial charge in [-0.25, -0.2) is 0 Å². The van der Waals surface area contributed by atoms with Crippen molar-refractivity contribution in [1.29, 1.82) is 0 Å². The lowest BCUT2D eigenvalue weighted by atomic mass is 10.0. The number of halogens is 1. The number of carbonyl (C=O) groups is 2. The number of benzene rings is 1. The standard InChI is InChI=1S/C17H23N3O3.ClH/c1-23-15-7-3-2-6-14(15)20-11-12(9-16(20)21)17(22)19-13-5-4-8-18-10-13;/h2-3,6-7,12-13,18H,4-5,8-11H2,1H3,(H,19,22);1H/t12?,13-;/m0./s1. The number of hydrogen-bond donors (Lipinski definition) is 2. The van der Waals surface area contributed by atoms with E-state index in [4.69, 9.17) is 4.74 Å². The smallest absolute Gasteiger partial charge is 0.227 e. The highest BCUT2D eigenvalue weighted by Crippen LogP contribution is 2.32. The molecule has 1 aromatic carbocycles. The molecule has 2 atom stereocenters. The van der Waals surface area contributed by atoms with Gasteiger partial charge in [0, 0.05) is 25.6 Å². The molecule has 132 valence electrons. The molecule has 2 aliphatic heterocycles. The summed E-state index contributed by atoms with van der Waals surface area (Å²) in [6, 6.07) is 7.58. The average Bonchev–Trinajstić information content (AvgIpc) is 2.97. The second kappa shape index (κ2) is 8.35. The molecule has 2 fully saturated rings. The Morgan fingerprint density at radius 3 is 2.88 bits per heavy atom. The van der Waals surface area contributed by atoms with Gasteiger partial charge in [0.05, 0.1) is 18.7 Å². The highest BCUT2D eigenvalue weighted by Gasteiger charge is 2.36. The van der Waals surface area contributed by atoms with E-state index in [9.17, 15) is 9.59 Å². The molecule has 0 aliphatic carbocycles. The van der Waals surface area contributed by atoms with Crippen LogP contribution in [0.4, 0.5) is 5.69 Å². The fraction of sp³-hybridized carbons (Fsp3) is 0.529. The summed E-state index contributed by atoms with van der Waals surface area (Å²) in [5.41, 5.74) is 0.731. The van der Waals surface area contributed by atoms with Crippen molar-refractivity contribution in [2.45, 2.75) is 25.3 Å². The number of rotatable bonds is 4. The number of hydrogen-bond acceptors (Lipinski definition) is 4. The average molecular weight is 354 g/mol. The zero-order valence-corrected chi connectivity index (χ0v) is 14.6. The molecule has 2 amide bonds. The first-order chi connectivity index (χ1) is 11.2. The number of anilines is 1. The summed E-state index contributed by atoms with van der Waals surface area (Å²) < 4.78 is 5.32. The summed E-state index contributed by atoms with van der Waals surface area (Å²) in [7, 11) is 1.58. The molecular weight excluding hydrogens is 330 g/mol. The molecule has 24 heavy (non-hydrogen) atoms. The van der Waals surface area contributed by atoms with Crippen molar-refractivity contribution in [3.05, 3.63) is 24.3 Å². The minimum atomic E-state index is -0.297. The van der Waals surface area contributed by atoms with Crippen LogP contribution in [0.25, 0.3) is 0 Å². The van der Waals surface area contributed by atoms with E-state index in [1.165, 1.54) is 0 Å². The summed E-state index contributed by atoms with van der Waals surface area (Å²) in [4.78, 5) is 26.4. The number of carbonyl (C=O) groups excluding carboxylic acids is 2. The molecule has 2 saturated heterocycles. The predicted octanol–water partition coefficient (Wildman–Crippen LogP) is 1.34. The van der Waals surface area contributed by atoms with E-state index in [0.29, 0.717) is 12.3 Å². The van der Waals surface area contributed by atoms with Crippen LogP contribution in [0.2, 0.25) is 0 Å². The van der Waals surface area contributed by atoms with Crippen LogP contribution in [0.3, 0.4) is 0 Å². The first kappa shape index (κ1) is 18.5.